The highest BCUT2D eigenvalue weighted by molar-refractivity contribution is 6.12. The quantitative estimate of drug-likeness (QED) is 0.135. The van der Waals surface area contributed by atoms with Crippen LogP contribution < -0.4 is 9.47 Å². The zero-order valence-corrected chi connectivity index (χ0v) is 33.5. The van der Waals surface area contributed by atoms with Crippen molar-refractivity contribution in [3.63, 3.8) is 0 Å². The molecule has 11 rings (SSSR count). The third kappa shape index (κ3) is 5.98. The average molecular weight is 791 g/mol. The number of ether oxygens (including phenoxy) is 2. The summed E-state index contributed by atoms with van der Waals surface area (Å²) in [4.78, 5) is 0. The molecule has 0 amide bonds. The Balaban J connectivity index is 1.25. The van der Waals surface area contributed by atoms with Gasteiger partial charge >= 0.3 is 0 Å². The maximum atomic E-state index is 9.66. The van der Waals surface area contributed by atoms with Crippen molar-refractivity contribution in [2.75, 3.05) is 26.4 Å². The summed E-state index contributed by atoms with van der Waals surface area (Å²) in [5.74, 6) is 1.53. The topological polar surface area (TPSA) is 58.9 Å². The largest absolute Gasteiger partial charge is 0.491 e. The second-order valence-electron chi connectivity index (χ2n) is 15.9. The second-order valence-corrected chi connectivity index (χ2v) is 15.9. The molecule has 0 radical (unpaired) electrons. The fourth-order valence-electron chi connectivity index (χ4n) is 9.89. The summed E-state index contributed by atoms with van der Waals surface area (Å²) >= 11 is 0. The van der Waals surface area contributed by atoms with E-state index in [-0.39, 0.29) is 26.4 Å². The molecule has 1 aliphatic carbocycles. The Kier molecular flexibility index (Phi) is 9.11. The van der Waals surface area contributed by atoms with Crippen LogP contribution in [0.2, 0.25) is 0 Å². The molecule has 0 unspecified atom stereocenters. The first-order valence-electron chi connectivity index (χ1n) is 21.0. The monoisotopic (exact) mass is 790 g/mol. The van der Waals surface area contributed by atoms with Gasteiger partial charge in [-0.3, -0.25) is 0 Å². The number of aliphatic hydroxyl groups is 2. The van der Waals surface area contributed by atoms with Gasteiger partial charge < -0.3 is 19.7 Å². The number of aliphatic hydroxyl groups excluding tert-OH is 2. The highest BCUT2D eigenvalue weighted by Gasteiger charge is 2.46. The molecule has 61 heavy (non-hydrogen) atoms. The van der Waals surface area contributed by atoms with Crippen molar-refractivity contribution in [1.29, 1.82) is 0 Å². The van der Waals surface area contributed by atoms with E-state index < -0.39 is 5.41 Å². The van der Waals surface area contributed by atoms with E-state index in [4.69, 9.17) is 9.47 Å². The molecule has 0 aromatic heterocycles. The minimum absolute atomic E-state index is 0.0529. The van der Waals surface area contributed by atoms with E-state index in [2.05, 4.69) is 182 Å². The Morgan fingerprint density at radius 2 is 0.754 bits per heavy atom. The van der Waals surface area contributed by atoms with Gasteiger partial charge in [0.1, 0.15) is 24.7 Å². The van der Waals surface area contributed by atoms with Crippen molar-refractivity contribution in [1.82, 2.24) is 0 Å². The fourth-order valence-corrected chi connectivity index (χ4v) is 9.89. The van der Waals surface area contributed by atoms with Gasteiger partial charge in [0.25, 0.3) is 0 Å². The van der Waals surface area contributed by atoms with Crippen molar-refractivity contribution < 1.29 is 19.7 Å². The summed E-state index contributed by atoms with van der Waals surface area (Å²) in [5, 5.41) is 28.0. The van der Waals surface area contributed by atoms with Gasteiger partial charge in [-0.25, -0.2) is 0 Å². The number of hydrogen-bond donors (Lipinski definition) is 2. The van der Waals surface area contributed by atoms with E-state index in [9.17, 15) is 10.2 Å². The van der Waals surface area contributed by atoms with Crippen LogP contribution >= 0.6 is 0 Å². The van der Waals surface area contributed by atoms with Gasteiger partial charge in [0.15, 0.2) is 0 Å². The SMILES string of the molecule is OCCOc1cc2ccc(C3(c4ccc5cc(OCCO)c6ccccc6c5c4)c4ccc(-c5ccccc5)cc4-c4cc(-c5ccccc5)ccc43)cc2c2ccccc12. The maximum absolute atomic E-state index is 9.66. The first-order chi connectivity index (χ1) is 30.1. The molecule has 0 fully saturated rings. The first-order valence-corrected chi connectivity index (χ1v) is 21.0. The number of rotatable bonds is 10. The van der Waals surface area contributed by atoms with Crippen molar-refractivity contribution in [3.05, 3.63) is 216 Å². The Morgan fingerprint density at radius 1 is 0.344 bits per heavy atom. The van der Waals surface area contributed by atoms with Gasteiger partial charge in [-0.15, -0.1) is 0 Å². The van der Waals surface area contributed by atoms with Crippen molar-refractivity contribution in [2.45, 2.75) is 5.41 Å². The van der Waals surface area contributed by atoms with Gasteiger partial charge in [0.05, 0.1) is 18.6 Å². The third-order valence-electron chi connectivity index (χ3n) is 12.6. The van der Waals surface area contributed by atoms with Crippen LogP contribution in [0.5, 0.6) is 11.5 Å². The third-order valence-corrected chi connectivity index (χ3v) is 12.6. The molecule has 0 saturated carbocycles. The van der Waals surface area contributed by atoms with E-state index in [1.807, 2.05) is 12.1 Å². The van der Waals surface area contributed by atoms with Gasteiger partial charge in [0.2, 0.25) is 0 Å². The Bertz CT molecular complexity index is 3060. The predicted octanol–water partition coefficient (Wildman–Crippen LogP) is 12.7. The fraction of sp³-hybridized carbons (Fsp3) is 0.0877. The second kappa shape index (κ2) is 15.1. The van der Waals surface area contributed by atoms with Crippen LogP contribution in [0.15, 0.2) is 194 Å². The van der Waals surface area contributed by atoms with Crippen LogP contribution in [0.1, 0.15) is 22.3 Å². The van der Waals surface area contributed by atoms with Crippen molar-refractivity contribution in [3.8, 4) is 44.9 Å². The van der Waals surface area contributed by atoms with E-state index in [0.29, 0.717) is 0 Å². The molecule has 1 aliphatic rings. The number of benzene rings is 10. The standard InChI is InChI=1S/C57H42O4/c58-27-29-60-55-33-41-19-23-43(35-49(41)45-15-7-9-17-47(45)55)57(44-24-20-42-34-56(61-30-28-59)48-18-10-8-16-46(48)50(42)36-44)53-25-21-39(37-11-3-1-4-12-37)31-51(53)52-32-40(22-26-54(52)57)38-13-5-2-6-14-38/h1-26,31-36,58-59H,27-30H2. The van der Waals surface area contributed by atoms with Gasteiger partial charge in [-0.05, 0) is 124 Å². The Hall–Kier alpha value is -7.24. The smallest absolute Gasteiger partial charge is 0.127 e. The zero-order valence-electron chi connectivity index (χ0n) is 33.5. The van der Waals surface area contributed by atoms with E-state index >= 15 is 0 Å². The lowest BCUT2D eigenvalue weighted by molar-refractivity contribution is 0.203. The molecule has 294 valence electrons. The highest BCUT2D eigenvalue weighted by atomic mass is 16.5. The van der Waals surface area contributed by atoms with E-state index in [0.717, 1.165) is 54.6 Å². The van der Waals surface area contributed by atoms with Crippen LogP contribution in [0.25, 0.3) is 76.5 Å². The molecule has 0 atom stereocenters. The highest BCUT2D eigenvalue weighted by Crippen LogP contribution is 2.58. The molecule has 10 aromatic carbocycles. The van der Waals surface area contributed by atoms with Gasteiger partial charge in [0, 0.05) is 10.8 Å². The average Bonchev–Trinajstić information content (AvgIpc) is 3.62. The summed E-state index contributed by atoms with van der Waals surface area (Å²) in [6.45, 7) is 0.350. The van der Waals surface area contributed by atoms with Crippen molar-refractivity contribution in [2.24, 2.45) is 0 Å². The summed E-state index contributed by atoms with van der Waals surface area (Å²) in [6, 6.07) is 70.3. The van der Waals surface area contributed by atoms with E-state index in [1.54, 1.807) is 0 Å². The minimum Gasteiger partial charge on any atom is -0.491 e. The van der Waals surface area contributed by atoms with Gasteiger partial charge in [-0.2, -0.15) is 0 Å². The molecule has 4 heteroatoms. The lowest BCUT2D eigenvalue weighted by Crippen LogP contribution is -2.28. The molecular formula is C57H42O4. The van der Waals surface area contributed by atoms with Crippen LogP contribution in [0.3, 0.4) is 0 Å². The van der Waals surface area contributed by atoms with Crippen LogP contribution in [0.4, 0.5) is 0 Å². The molecule has 0 aliphatic heterocycles. The van der Waals surface area contributed by atoms with Crippen LogP contribution in [-0.4, -0.2) is 36.6 Å². The Labute approximate surface area is 354 Å². The summed E-state index contributed by atoms with van der Waals surface area (Å²) in [5.41, 5.74) is 11.2. The zero-order chi connectivity index (χ0) is 40.9. The lowest BCUT2D eigenvalue weighted by Gasteiger charge is -2.34. The van der Waals surface area contributed by atoms with Crippen LogP contribution in [-0.2, 0) is 5.41 Å². The van der Waals surface area contributed by atoms with Gasteiger partial charge in [-0.1, -0.05) is 158 Å². The van der Waals surface area contributed by atoms with Crippen LogP contribution in [0, 0.1) is 0 Å². The summed E-state index contributed by atoms with van der Waals surface area (Å²) in [6.07, 6.45) is 0. The number of fused-ring (bicyclic) bond motifs is 9. The molecule has 2 N–H and O–H groups in total. The molecule has 4 nitrogen and oxygen atoms in total. The number of hydrogen-bond acceptors (Lipinski definition) is 4. The molecule has 10 aromatic rings. The maximum Gasteiger partial charge on any atom is 0.127 e. The van der Waals surface area contributed by atoms with E-state index in [1.165, 1.54) is 55.6 Å². The summed E-state index contributed by atoms with van der Waals surface area (Å²) < 4.78 is 12.2. The molecule has 0 bridgehead atoms. The Morgan fingerprint density at radius 3 is 1.18 bits per heavy atom. The predicted molar refractivity (Wildman–Crippen MR) is 250 cm³/mol. The first kappa shape index (κ1) is 36.8. The molecular weight excluding hydrogens is 749 g/mol. The van der Waals surface area contributed by atoms with Crippen molar-refractivity contribution >= 4 is 43.1 Å². The minimum atomic E-state index is -0.711. The lowest BCUT2D eigenvalue weighted by atomic mass is 9.66. The molecule has 0 heterocycles. The molecule has 0 spiro atoms. The molecule has 0 saturated heterocycles. The summed E-state index contributed by atoms with van der Waals surface area (Å²) in [7, 11) is 0. The normalized spacial score (nSPS) is 12.8.